The lowest BCUT2D eigenvalue weighted by atomic mass is 10.1. The first kappa shape index (κ1) is 14.2. The number of carbonyl (C=O) groups is 1. The summed E-state index contributed by atoms with van der Waals surface area (Å²) in [5, 5.41) is 9.18. The summed E-state index contributed by atoms with van der Waals surface area (Å²) in [5.74, 6) is 0.854. The summed E-state index contributed by atoms with van der Waals surface area (Å²) >= 11 is 4.94. The van der Waals surface area contributed by atoms with Gasteiger partial charge in [-0.15, -0.1) is 11.8 Å². The highest BCUT2D eigenvalue weighted by Gasteiger charge is 2.05. The molecule has 0 unspecified atom stereocenters. The zero-order valence-electron chi connectivity index (χ0n) is 10.2. The van der Waals surface area contributed by atoms with Crippen molar-refractivity contribution in [1.29, 1.82) is 0 Å². The van der Waals surface area contributed by atoms with Gasteiger partial charge in [0.2, 0.25) is 0 Å². The first-order valence-corrected chi connectivity index (χ1v) is 7.59. The molecule has 0 radical (unpaired) electrons. The molecule has 0 atom stereocenters. The van der Waals surface area contributed by atoms with Crippen LogP contribution in [0.5, 0.6) is 5.75 Å². The van der Waals surface area contributed by atoms with Crippen LogP contribution in [0.25, 0.3) is 0 Å². The minimum Gasteiger partial charge on any atom is -0.508 e. The van der Waals surface area contributed by atoms with Gasteiger partial charge in [-0.05, 0) is 35.9 Å². The Morgan fingerprint density at radius 1 is 1.16 bits per heavy atom. The highest BCUT2D eigenvalue weighted by Crippen LogP contribution is 2.22. The van der Waals surface area contributed by atoms with Crippen molar-refractivity contribution in [3.8, 4) is 5.75 Å². The summed E-state index contributed by atoms with van der Waals surface area (Å²) in [7, 11) is 0. The van der Waals surface area contributed by atoms with Crippen LogP contribution in [0, 0.1) is 0 Å². The standard InChI is InChI=1S/C15H13BrO2S/c16-12-2-1-3-15(9-12)19-10-14(18)8-11-4-6-13(17)7-5-11/h1-7,9,17H,8,10H2. The van der Waals surface area contributed by atoms with E-state index in [9.17, 15) is 9.90 Å². The number of halogens is 1. The van der Waals surface area contributed by atoms with Gasteiger partial charge in [-0.25, -0.2) is 0 Å². The molecule has 0 aliphatic rings. The number of thioether (sulfide) groups is 1. The van der Waals surface area contributed by atoms with E-state index in [4.69, 9.17) is 0 Å². The van der Waals surface area contributed by atoms with E-state index in [-0.39, 0.29) is 11.5 Å². The molecular formula is C15H13BrO2S. The highest BCUT2D eigenvalue weighted by molar-refractivity contribution is 9.10. The third-order valence-electron chi connectivity index (χ3n) is 2.53. The van der Waals surface area contributed by atoms with Gasteiger partial charge in [-0.2, -0.15) is 0 Å². The lowest BCUT2D eigenvalue weighted by Crippen LogP contribution is -2.05. The Morgan fingerprint density at radius 2 is 1.89 bits per heavy atom. The Balaban J connectivity index is 1.86. The molecule has 0 saturated heterocycles. The van der Waals surface area contributed by atoms with Crippen LogP contribution in [0.3, 0.4) is 0 Å². The molecule has 0 amide bonds. The second kappa shape index (κ2) is 6.78. The molecule has 2 aromatic rings. The van der Waals surface area contributed by atoms with Crippen molar-refractivity contribution in [2.75, 3.05) is 5.75 Å². The van der Waals surface area contributed by atoms with Crippen molar-refractivity contribution >= 4 is 33.5 Å². The number of phenols is 1. The van der Waals surface area contributed by atoms with Gasteiger partial charge in [0, 0.05) is 15.8 Å². The third kappa shape index (κ3) is 4.73. The van der Waals surface area contributed by atoms with E-state index in [2.05, 4.69) is 15.9 Å². The number of hydrogen-bond donors (Lipinski definition) is 1. The first-order valence-electron chi connectivity index (χ1n) is 5.81. The molecule has 2 aromatic carbocycles. The number of phenolic OH excluding ortho intramolecular Hbond substituents is 1. The van der Waals surface area contributed by atoms with Crippen LogP contribution in [-0.2, 0) is 11.2 Å². The SMILES string of the molecule is O=C(CSc1cccc(Br)c1)Cc1ccc(O)cc1. The topological polar surface area (TPSA) is 37.3 Å². The Bertz CT molecular complexity index is 567. The van der Waals surface area contributed by atoms with Crippen LogP contribution in [0.2, 0.25) is 0 Å². The summed E-state index contributed by atoms with van der Waals surface area (Å²) < 4.78 is 1.02. The van der Waals surface area contributed by atoms with Crippen LogP contribution in [-0.4, -0.2) is 16.6 Å². The second-order valence-electron chi connectivity index (χ2n) is 4.13. The van der Waals surface area contributed by atoms with Gasteiger partial charge in [0.05, 0.1) is 5.75 Å². The van der Waals surface area contributed by atoms with Crippen LogP contribution in [0.4, 0.5) is 0 Å². The van der Waals surface area contributed by atoms with Gasteiger partial charge >= 0.3 is 0 Å². The van der Waals surface area contributed by atoms with Crippen LogP contribution in [0.1, 0.15) is 5.56 Å². The fourth-order valence-corrected chi connectivity index (χ4v) is 2.98. The van der Waals surface area contributed by atoms with E-state index in [0.717, 1.165) is 14.9 Å². The van der Waals surface area contributed by atoms with E-state index in [0.29, 0.717) is 12.2 Å². The van der Waals surface area contributed by atoms with E-state index >= 15 is 0 Å². The minimum atomic E-state index is 0.177. The lowest BCUT2D eigenvalue weighted by molar-refractivity contribution is -0.116. The summed E-state index contributed by atoms with van der Waals surface area (Å²) in [4.78, 5) is 12.9. The van der Waals surface area contributed by atoms with Gasteiger partial charge in [-0.3, -0.25) is 4.79 Å². The first-order chi connectivity index (χ1) is 9.13. The Kier molecular flexibility index (Phi) is 5.05. The molecule has 1 N–H and O–H groups in total. The van der Waals surface area contributed by atoms with E-state index in [1.807, 2.05) is 24.3 Å². The predicted octanol–water partition coefficient (Wildman–Crippen LogP) is 4.06. The van der Waals surface area contributed by atoms with Crippen molar-refractivity contribution in [3.63, 3.8) is 0 Å². The molecule has 98 valence electrons. The summed E-state index contributed by atoms with van der Waals surface area (Å²) in [6, 6.07) is 14.7. The van der Waals surface area contributed by atoms with Crippen molar-refractivity contribution in [2.24, 2.45) is 0 Å². The summed E-state index contributed by atoms with van der Waals surface area (Å²) in [5.41, 5.74) is 0.928. The molecule has 2 rings (SSSR count). The number of benzene rings is 2. The summed E-state index contributed by atoms with van der Waals surface area (Å²) in [6.07, 6.45) is 0.404. The summed E-state index contributed by atoms with van der Waals surface area (Å²) in [6.45, 7) is 0. The van der Waals surface area contributed by atoms with Crippen LogP contribution >= 0.6 is 27.7 Å². The normalized spacial score (nSPS) is 10.4. The largest absolute Gasteiger partial charge is 0.508 e. The van der Waals surface area contributed by atoms with Crippen molar-refractivity contribution in [2.45, 2.75) is 11.3 Å². The van der Waals surface area contributed by atoms with Crippen molar-refractivity contribution in [3.05, 3.63) is 58.6 Å². The number of ketones is 1. The molecular weight excluding hydrogens is 324 g/mol. The Hall–Kier alpha value is -1.26. The van der Waals surface area contributed by atoms with E-state index in [1.165, 1.54) is 11.8 Å². The molecule has 0 aliphatic heterocycles. The number of carbonyl (C=O) groups excluding carboxylic acids is 1. The van der Waals surface area contributed by atoms with Crippen molar-refractivity contribution in [1.82, 2.24) is 0 Å². The molecule has 0 aromatic heterocycles. The molecule has 0 aliphatic carbocycles. The highest BCUT2D eigenvalue weighted by atomic mass is 79.9. The fraction of sp³-hybridized carbons (Fsp3) is 0.133. The maximum atomic E-state index is 11.9. The van der Waals surface area contributed by atoms with Crippen LogP contribution in [0.15, 0.2) is 57.9 Å². The molecule has 0 spiro atoms. The molecule has 0 fully saturated rings. The molecule has 19 heavy (non-hydrogen) atoms. The number of hydrogen-bond acceptors (Lipinski definition) is 3. The Labute approximate surface area is 125 Å². The zero-order chi connectivity index (χ0) is 13.7. The molecule has 0 bridgehead atoms. The monoisotopic (exact) mass is 336 g/mol. The van der Waals surface area contributed by atoms with Gasteiger partial charge in [0.25, 0.3) is 0 Å². The van der Waals surface area contributed by atoms with Gasteiger partial charge in [0.15, 0.2) is 0 Å². The van der Waals surface area contributed by atoms with Gasteiger partial charge in [0.1, 0.15) is 11.5 Å². The van der Waals surface area contributed by atoms with Crippen molar-refractivity contribution < 1.29 is 9.90 Å². The van der Waals surface area contributed by atoms with Gasteiger partial charge in [-0.1, -0.05) is 34.1 Å². The average molecular weight is 337 g/mol. The van der Waals surface area contributed by atoms with E-state index < -0.39 is 0 Å². The van der Waals surface area contributed by atoms with Gasteiger partial charge < -0.3 is 5.11 Å². The Morgan fingerprint density at radius 3 is 2.58 bits per heavy atom. The molecule has 2 nitrogen and oxygen atoms in total. The maximum Gasteiger partial charge on any atom is 0.147 e. The maximum absolute atomic E-state index is 11.9. The van der Waals surface area contributed by atoms with E-state index in [1.54, 1.807) is 24.3 Å². The average Bonchev–Trinajstić information content (AvgIpc) is 2.39. The lowest BCUT2D eigenvalue weighted by Gasteiger charge is -2.03. The quantitative estimate of drug-likeness (QED) is 0.836. The minimum absolute atomic E-state index is 0.177. The molecule has 4 heteroatoms. The predicted molar refractivity (Wildman–Crippen MR) is 81.7 cm³/mol. The zero-order valence-corrected chi connectivity index (χ0v) is 12.6. The molecule has 0 heterocycles. The molecule has 0 saturated carbocycles. The number of rotatable bonds is 5. The number of Topliss-reactive ketones (excluding diaryl/α,β-unsaturated/α-hetero) is 1. The third-order valence-corrected chi connectivity index (χ3v) is 4.08. The fourth-order valence-electron chi connectivity index (χ4n) is 1.61. The van der Waals surface area contributed by atoms with Crippen LogP contribution < -0.4 is 0 Å². The smallest absolute Gasteiger partial charge is 0.147 e. The number of aromatic hydroxyl groups is 1. The second-order valence-corrected chi connectivity index (χ2v) is 6.09.